The summed E-state index contributed by atoms with van der Waals surface area (Å²) in [6.07, 6.45) is -16.7. The van der Waals surface area contributed by atoms with Gasteiger partial charge in [-0.2, -0.15) is 0 Å². The van der Waals surface area contributed by atoms with Gasteiger partial charge in [-0.1, -0.05) is 7.43 Å². The lowest BCUT2D eigenvalue weighted by molar-refractivity contribution is -0.375. The van der Waals surface area contributed by atoms with Gasteiger partial charge in [0.15, 0.2) is 18.9 Å². The minimum atomic E-state index is -1.62. The van der Waals surface area contributed by atoms with Crippen molar-refractivity contribution < 1.29 is 69.0 Å². The summed E-state index contributed by atoms with van der Waals surface area (Å²) in [6, 6.07) is -1.33. The molecule has 0 saturated carbocycles. The molecule has 236 valence electrons. The standard InChI is InChI=1S/C23H42N2O14.CH4/c1-9-16(30)11(29)6-14(35-9)38-21-20(18(32)13(8-27)37-23(21)34-5-3-4-24)39-22-15(25-10(2)28)19(33)17(31)12(7-26)36-22;/h9,11-23,26-27,29-33H,3-8,24H2,1-2H3,(H,25,28);1H4/t9?,11-,12?,13?,14+,15+,16-,17+,18+,19?,20?,21+,22-,23-;/m1./s1. The fourth-order valence-corrected chi connectivity index (χ4v) is 4.79. The van der Waals surface area contributed by atoms with Crippen LogP contribution in [0.4, 0.5) is 0 Å². The van der Waals surface area contributed by atoms with Crippen LogP contribution in [0.25, 0.3) is 0 Å². The van der Waals surface area contributed by atoms with Crippen LogP contribution >= 0.6 is 0 Å². The third-order valence-electron chi connectivity index (χ3n) is 6.96. The molecule has 3 rings (SSSR count). The zero-order valence-electron chi connectivity index (χ0n) is 21.9. The minimum absolute atomic E-state index is 0. The van der Waals surface area contributed by atoms with Crippen LogP contribution in [-0.4, -0.2) is 154 Å². The van der Waals surface area contributed by atoms with E-state index in [-0.39, 0.29) is 20.5 Å². The summed E-state index contributed by atoms with van der Waals surface area (Å²) in [5, 5.41) is 74.3. The van der Waals surface area contributed by atoms with Crippen molar-refractivity contribution >= 4 is 5.91 Å². The highest BCUT2D eigenvalue weighted by Gasteiger charge is 2.53. The van der Waals surface area contributed by atoms with Crippen molar-refractivity contribution in [3.8, 4) is 0 Å². The highest BCUT2D eigenvalue weighted by atomic mass is 16.8. The summed E-state index contributed by atoms with van der Waals surface area (Å²) in [7, 11) is 0. The summed E-state index contributed by atoms with van der Waals surface area (Å²) in [6.45, 7) is 1.78. The summed E-state index contributed by atoms with van der Waals surface area (Å²) >= 11 is 0. The van der Waals surface area contributed by atoms with E-state index in [4.69, 9.17) is 34.2 Å². The van der Waals surface area contributed by atoms with E-state index in [1.807, 2.05) is 0 Å². The summed E-state index contributed by atoms with van der Waals surface area (Å²) in [5.41, 5.74) is 5.56. The third kappa shape index (κ3) is 8.26. The van der Waals surface area contributed by atoms with Gasteiger partial charge in [0, 0.05) is 13.3 Å². The maximum Gasteiger partial charge on any atom is 0.217 e. The van der Waals surface area contributed by atoms with Crippen LogP contribution in [0.2, 0.25) is 0 Å². The van der Waals surface area contributed by atoms with Crippen LogP contribution < -0.4 is 11.1 Å². The van der Waals surface area contributed by atoms with E-state index in [1.165, 1.54) is 13.8 Å². The molecule has 16 heteroatoms. The number of rotatable bonds is 11. The van der Waals surface area contributed by atoms with Crippen molar-refractivity contribution in [2.24, 2.45) is 5.73 Å². The van der Waals surface area contributed by atoms with E-state index in [0.717, 1.165) is 0 Å². The zero-order valence-corrected chi connectivity index (χ0v) is 21.9. The quantitative estimate of drug-likeness (QED) is 0.104. The van der Waals surface area contributed by atoms with Crippen LogP contribution in [-0.2, 0) is 33.2 Å². The summed E-state index contributed by atoms with van der Waals surface area (Å²) < 4.78 is 34.9. The first-order chi connectivity index (χ1) is 18.5. The molecule has 3 heterocycles. The third-order valence-corrected chi connectivity index (χ3v) is 6.96. The van der Waals surface area contributed by atoms with Crippen molar-refractivity contribution in [3.05, 3.63) is 0 Å². The normalized spacial score (nSPS) is 44.0. The molecule has 0 bridgehead atoms. The lowest BCUT2D eigenvalue weighted by atomic mass is 9.95. The van der Waals surface area contributed by atoms with Gasteiger partial charge >= 0.3 is 0 Å². The molecule has 3 aliphatic heterocycles. The second-order valence-electron chi connectivity index (χ2n) is 9.93. The van der Waals surface area contributed by atoms with Gasteiger partial charge in [-0.25, -0.2) is 0 Å². The molecule has 3 aliphatic rings. The largest absolute Gasteiger partial charge is 0.394 e. The Kier molecular flexibility index (Phi) is 14.0. The maximum atomic E-state index is 11.8. The van der Waals surface area contributed by atoms with Gasteiger partial charge in [-0.3, -0.25) is 4.79 Å². The first kappa shape index (κ1) is 35.1. The lowest BCUT2D eigenvalue weighted by Gasteiger charge is -2.49. The molecule has 16 nitrogen and oxygen atoms in total. The van der Waals surface area contributed by atoms with Crippen molar-refractivity contribution in [2.75, 3.05) is 26.4 Å². The number of hydrogen-bond donors (Lipinski definition) is 9. The Bertz CT molecular complexity index is 755. The molecule has 3 saturated heterocycles. The van der Waals surface area contributed by atoms with Crippen molar-refractivity contribution in [3.63, 3.8) is 0 Å². The van der Waals surface area contributed by atoms with Gasteiger partial charge in [-0.05, 0) is 19.9 Å². The van der Waals surface area contributed by atoms with E-state index < -0.39 is 105 Å². The molecule has 3 fully saturated rings. The smallest absolute Gasteiger partial charge is 0.217 e. The Morgan fingerprint density at radius 2 is 1.52 bits per heavy atom. The van der Waals surface area contributed by atoms with E-state index in [2.05, 4.69) is 5.32 Å². The van der Waals surface area contributed by atoms with Gasteiger partial charge in [0.2, 0.25) is 5.91 Å². The summed E-state index contributed by atoms with van der Waals surface area (Å²) in [4.78, 5) is 11.8. The fraction of sp³-hybridized carbons (Fsp3) is 0.958. The van der Waals surface area contributed by atoms with Crippen molar-refractivity contribution in [1.82, 2.24) is 5.32 Å². The molecule has 1 amide bonds. The molecule has 14 atom stereocenters. The minimum Gasteiger partial charge on any atom is -0.394 e. The molecule has 40 heavy (non-hydrogen) atoms. The molecular weight excluding hydrogens is 540 g/mol. The van der Waals surface area contributed by atoms with E-state index >= 15 is 0 Å². The topological polar surface area (TPSA) is 252 Å². The highest BCUT2D eigenvalue weighted by molar-refractivity contribution is 5.73. The lowest BCUT2D eigenvalue weighted by Crippen LogP contribution is -2.68. The number of carbonyl (C=O) groups is 1. The number of aliphatic hydroxyl groups excluding tert-OH is 7. The number of aliphatic hydroxyl groups is 7. The molecule has 0 radical (unpaired) electrons. The monoisotopic (exact) mass is 586 g/mol. The molecule has 10 N–H and O–H groups in total. The average Bonchev–Trinajstić information content (AvgIpc) is 2.89. The van der Waals surface area contributed by atoms with Crippen molar-refractivity contribution in [2.45, 2.75) is 120 Å². The Balaban J connectivity index is 0.00000560. The molecule has 0 spiro atoms. The number of nitrogens with two attached hydrogens (primary N) is 1. The Labute approximate surface area is 232 Å². The second kappa shape index (κ2) is 15.9. The van der Waals surface area contributed by atoms with Crippen molar-refractivity contribution in [1.29, 1.82) is 0 Å². The fourth-order valence-electron chi connectivity index (χ4n) is 4.79. The number of ether oxygens (including phenoxy) is 6. The van der Waals surface area contributed by atoms with Crippen LogP contribution in [0.15, 0.2) is 0 Å². The Morgan fingerprint density at radius 1 is 0.900 bits per heavy atom. The Morgan fingerprint density at radius 3 is 2.10 bits per heavy atom. The first-order valence-electron chi connectivity index (χ1n) is 13.0. The van der Waals surface area contributed by atoms with E-state index in [0.29, 0.717) is 13.0 Å². The molecule has 0 aromatic carbocycles. The SMILES string of the molecule is C.CC(=O)N[C@H]1C(O)[C@@H](O)C(CO)O[C@@H]1OC1[C@@H](O)C(CO)O[C@@H](OCCCN)[C@H]1O[C@H]1C[C@@H](O)[C@H](O)C(C)O1. The number of hydrogen-bond acceptors (Lipinski definition) is 15. The molecule has 5 unspecified atom stereocenters. The van der Waals surface area contributed by atoms with Crippen LogP contribution in [0.3, 0.4) is 0 Å². The van der Waals surface area contributed by atoms with E-state index in [1.54, 1.807) is 0 Å². The van der Waals surface area contributed by atoms with Gasteiger partial charge in [0.25, 0.3) is 0 Å². The molecular formula is C24H46N2O14. The zero-order chi connectivity index (χ0) is 28.9. The first-order valence-corrected chi connectivity index (χ1v) is 13.0. The predicted molar refractivity (Wildman–Crippen MR) is 134 cm³/mol. The average molecular weight is 587 g/mol. The Hall–Kier alpha value is -1.09. The molecule has 0 aromatic rings. The van der Waals surface area contributed by atoms with Gasteiger partial charge in [0.05, 0.1) is 32.0 Å². The van der Waals surface area contributed by atoms with Gasteiger partial charge < -0.3 is 75.2 Å². The second-order valence-corrected chi connectivity index (χ2v) is 9.93. The predicted octanol–water partition coefficient (Wildman–Crippen LogP) is -4.36. The van der Waals surface area contributed by atoms with Gasteiger partial charge in [0.1, 0.15) is 54.9 Å². The van der Waals surface area contributed by atoms with Crippen LogP contribution in [0, 0.1) is 0 Å². The number of nitrogens with one attached hydrogen (secondary N) is 1. The highest BCUT2D eigenvalue weighted by Crippen LogP contribution is 2.33. The number of amides is 1. The number of carbonyl (C=O) groups excluding carboxylic acids is 1. The molecule has 0 aliphatic carbocycles. The summed E-state index contributed by atoms with van der Waals surface area (Å²) in [5.74, 6) is -0.584. The van der Waals surface area contributed by atoms with Gasteiger partial charge in [-0.15, -0.1) is 0 Å². The van der Waals surface area contributed by atoms with E-state index in [9.17, 15) is 40.5 Å². The van der Waals surface area contributed by atoms with Crippen LogP contribution in [0.1, 0.15) is 34.1 Å². The maximum absolute atomic E-state index is 11.8. The molecule has 0 aromatic heterocycles. The van der Waals surface area contributed by atoms with Crippen LogP contribution in [0.5, 0.6) is 0 Å².